The zero-order valence-electron chi connectivity index (χ0n) is 11.1. The predicted molar refractivity (Wildman–Crippen MR) is 71.8 cm³/mol. The van der Waals surface area contributed by atoms with E-state index >= 15 is 0 Å². The molecule has 0 atom stereocenters. The van der Waals surface area contributed by atoms with Crippen molar-refractivity contribution in [3.05, 3.63) is 17.7 Å². The Bertz CT molecular complexity index is 474. The number of nitrogen functional groups attached to an aromatic ring is 1. The lowest BCUT2D eigenvalue weighted by Crippen LogP contribution is -2.34. The van der Waals surface area contributed by atoms with Gasteiger partial charge in [0, 0.05) is 13.6 Å². The van der Waals surface area contributed by atoms with Crippen molar-refractivity contribution in [2.75, 3.05) is 37.9 Å². The van der Waals surface area contributed by atoms with Gasteiger partial charge >= 0.3 is 0 Å². The largest absolute Gasteiger partial charge is 0.495 e. The number of anilines is 2. The summed E-state index contributed by atoms with van der Waals surface area (Å²) < 4.78 is 5.24. The van der Waals surface area contributed by atoms with Gasteiger partial charge in [-0.3, -0.25) is 9.69 Å². The van der Waals surface area contributed by atoms with E-state index in [0.29, 0.717) is 18.0 Å². The van der Waals surface area contributed by atoms with Crippen molar-refractivity contribution in [3.8, 4) is 5.75 Å². The lowest BCUT2D eigenvalue weighted by Gasteiger charge is -2.18. The van der Waals surface area contributed by atoms with E-state index in [4.69, 9.17) is 10.5 Å². The summed E-state index contributed by atoms with van der Waals surface area (Å²) in [6, 6.07) is 3.73. The number of amides is 1. The molecule has 0 spiro atoms. The van der Waals surface area contributed by atoms with E-state index in [0.717, 1.165) is 24.3 Å². The molecule has 0 radical (unpaired) electrons. The van der Waals surface area contributed by atoms with Crippen molar-refractivity contribution in [3.63, 3.8) is 0 Å². The highest BCUT2D eigenvalue weighted by Crippen LogP contribution is 2.33. The average molecular weight is 249 g/mol. The second-order valence-corrected chi connectivity index (χ2v) is 4.48. The number of hydrogen-bond acceptors (Lipinski definition) is 4. The summed E-state index contributed by atoms with van der Waals surface area (Å²) in [5, 5.41) is 0. The molecule has 18 heavy (non-hydrogen) atoms. The molecule has 1 aromatic carbocycles. The van der Waals surface area contributed by atoms with Crippen LogP contribution >= 0.6 is 0 Å². The summed E-state index contributed by atoms with van der Waals surface area (Å²) in [6.07, 6.45) is 0. The lowest BCUT2D eigenvalue weighted by molar-refractivity contribution is -0.119. The van der Waals surface area contributed by atoms with Gasteiger partial charge in [-0.2, -0.15) is 0 Å². The van der Waals surface area contributed by atoms with Crippen LogP contribution in [-0.4, -0.2) is 38.1 Å². The Morgan fingerprint density at radius 1 is 1.39 bits per heavy atom. The number of fused-ring (bicyclic) bond motifs is 1. The first-order valence-electron chi connectivity index (χ1n) is 6.02. The molecule has 1 aromatic rings. The Balaban J connectivity index is 2.50. The third-order valence-electron chi connectivity index (χ3n) is 3.37. The van der Waals surface area contributed by atoms with E-state index in [1.54, 1.807) is 19.1 Å². The van der Waals surface area contributed by atoms with Crippen LogP contribution < -0.4 is 15.4 Å². The van der Waals surface area contributed by atoms with Gasteiger partial charge in [-0.15, -0.1) is 0 Å². The van der Waals surface area contributed by atoms with Gasteiger partial charge in [0.1, 0.15) is 5.75 Å². The van der Waals surface area contributed by atoms with Crippen molar-refractivity contribution in [2.24, 2.45) is 0 Å². The summed E-state index contributed by atoms with van der Waals surface area (Å²) in [5.41, 5.74) is 8.40. The zero-order valence-corrected chi connectivity index (χ0v) is 11.1. The van der Waals surface area contributed by atoms with E-state index in [1.165, 1.54) is 0 Å². The first kappa shape index (κ1) is 12.7. The lowest BCUT2D eigenvalue weighted by atomic mass is 10.1. The number of carbonyl (C=O) groups excluding carboxylic acids is 1. The van der Waals surface area contributed by atoms with Gasteiger partial charge in [-0.1, -0.05) is 6.92 Å². The normalized spacial score (nSPS) is 16.4. The number of methoxy groups -OCH3 is 1. The molecule has 0 saturated heterocycles. The van der Waals surface area contributed by atoms with Crippen LogP contribution in [0.15, 0.2) is 12.1 Å². The number of ether oxygens (including phenoxy) is 1. The van der Waals surface area contributed by atoms with Crippen molar-refractivity contribution < 1.29 is 9.53 Å². The van der Waals surface area contributed by atoms with Crippen LogP contribution in [-0.2, 0) is 11.3 Å². The molecule has 0 unspecified atom stereocenters. The van der Waals surface area contributed by atoms with E-state index < -0.39 is 0 Å². The second kappa shape index (κ2) is 4.86. The minimum atomic E-state index is 0.0835. The fraction of sp³-hybridized carbons (Fsp3) is 0.462. The SMILES string of the molecule is CCN1CC(=O)N(C)c2cc(N)c(OC)cc2C1. The van der Waals surface area contributed by atoms with Crippen LogP contribution in [0, 0.1) is 0 Å². The van der Waals surface area contributed by atoms with Gasteiger partial charge in [0.25, 0.3) is 0 Å². The number of nitrogens with zero attached hydrogens (tertiary/aromatic N) is 2. The molecule has 2 N–H and O–H groups in total. The van der Waals surface area contributed by atoms with Gasteiger partial charge < -0.3 is 15.4 Å². The fourth-order valence-corrected chi connectivity index (χ4v) is 2.19. The summed E-state index contributed by atoms with van der Waals surface area (Å²) in [5.74, 6) is 0.743. The molecular weight excluding hydrogens is 230 g/mol. The first-order valence-corrected chi connectivity index (χ1v) is 6.02. The number of carbonyl (C=O) groups is 1. The monoisotopic (exact) mass is 249 g/mol. The van der Waals surface area contributed by atoms with Gasteiger partial charge in [-0.25, -0.2) is 0 Å². The van der Waals surface area contributed by atoms with E-state index in [-0.39, 0.29) is 5.91 Å². The molecule has 2 rings (SSSR count). The average Bonchev–Trinajstić information content (AvgIpc) is 2.48. The molecule has 0 bridgehead atoms. The smallest absolute Gasteiger partial charge is 0.240 e. The maximum absolute atomic E-state index is 12.0. The third-order valence-corrected chi connectivity index (χ3v) is 3.37. The van der Waals surface area contributed by atoms with Gasteiger partial charge in [-0.05, 0) is 24.2 Å². The van der Waals surface area contributed by atoms with Crippen LogP contribution in [0.2, 0.25) is 0 Å². The van der Waals surface area contributed by atoms with Crippen molar-refractivity contribution in [1.29, 1.82) is 0 Å². The fourth-order valence-electron chi connectivity index (χ4n) is 2.19. The number of hydrogen-bond donors (Lipinski definition) is 1. The zero-order chi connectivity index (χ0) is 13.3. The van der Waals surface area contributed by atoms with Crippen molar-refractivity contribution in [1.82, 2.24) is 4.90 Å². The van der Waals surface area contributed by atoms with Gasteiger partial charge in [0.2, 0.25) is 5.91 Å². The quantitative estimate of drug-likeness (QED) is 0.797. The molecule has 1 aliphatic rings. The van der Waals surface area contributed by atoms with Crippen LogP contribution in [0.3, 0.4) is 0 Å². The number of likely N-dealkylation sites (N-methyl/N-ethyl adjacent to an activating group) is 2. The second-order valence-electron chi connectivity index (χ2n) is 4.48. The van der Waals surface area contributed by atoms with Crippen LogP contribution in [0.5, 0.6) is 5.75 Å². The Hall–Kier alpha value is -1.75. The minimum Gasteiger partial charge on any atom is -0.495 e. The van der Waals surface area contributed by atoms with Crippen LogP contribution in [0.4, 0.5) is 11.4 Å². The summed E-state index contributed by atoms with van der Waals surface area (Å²) >= 11 is 0. The van der Waals surface area contributed by atoms with Crippen LogP contribution in [0.25, 0.3) is 0 Å². The molecule has 0 aromatic heterocycles. The maximum atomic E-state index is 12.0. The molecule has 0 saturated carbocycles. The van der Waals surface area contributed by atoms with E-state index in [1.807, 2.05) is 19.1 Å². The Kier molecular flexibility index (Phi) is 3.43. The number of benzene rings is 1. The third kappa shape index (κ3) is 2.13. The molecule has 1 aliphatic heterocycles. The Labute approximate surface area is 107 Å². The Morgan fingerprint density at radius 2 is 2.11 bits per heavy atom. The molecular formula is C13H19N3O2. The summed E-state index contributed by atoms with van der Waals surface area (Å²) in [7, 11) is 3.38. The summed E-state index contributed by atoms with van der Waals surface area (Å²) in [6.45, 7) is 4.06. The first-order chi connectivity index (χ1) is 8.56. The highest BCUT2D eigenvalue weighted by Gasteiger charge is 2.24. The highest BCUT2D eigenvalue weighted by molar-refractivity contribution is 5.96. The topological polar surface area (TPSA) is 58.8 Å². The maximum Gasteiger partial charge on any atom is 0.240 e. The molecule has 1 heterocycles. The van der Waals surface area contributed by atoms with Crippen molar-refractivity contribution >= 4 is 17.3 Å². The van der Waals surface area contributed by atoms with E-state index in [2.05, 4.69) is 4.90 Å². The predicted octanol–water partition coefficient (Wildman–Crippen LogP) is 1.08. The van der Waals surface area contributed by atoms with E-state index in [9.17, 15) is 4.79 Å². The Morgan fingerprint density at radius 3 is 2.72 bits per heavy atom. The minimum absolute atomic E-state index is 0.0835. The van der Waals surface area contributed by atoms with Crippen LogP contribution in [0.1, 0.15) is 12.5 Å². The number of nitrogens with two attached hydrogens (primary N) is 1. The molecule has 0 fully saturated rings. The molecule has 5 heteroatoms. The number of rotatable bonds is 2. The molecule has 0 aliphatic carbocycles. The van der Waals surface area contributed by atoms with Crippen molar-refractivity contribution in [2.45, 2.75) is 13.5 Å². The van der Waals surface area contributed by atoms with Gasteiger partial charge in [0.15, 0.2) is 0 Å². The molecule has 1 amide bonds. The molecule has 5 nitrogen and oxygen atoms in total. The molecule has 98 valence electrons. The highest BCUT2D eigenvalue weighted by atomic mass is 16.5. The standard InChI is InChI=1S/C13H19N3O2/c1-4-16-7-9-5-12(18-3)10(14)6-11(9)15(2)13(17)8-16/h5-6H,4,7-8,14H2,1-3H3. The van der Waals surface area contributed by atoms with Gasteiger partial charge in [0.05, 0.1) is 25.0 Å². The summed E-state index contributed by atoms with van der Waals surface area (Å²) in [4.78, 5) is 15.8.